The number of ketones is 1. The molecule has 0 aromatic rings. The van der Waals surface area contributed by atoms with Crippen LogP contribution in [0.2, 0.25) is 0 Å². The summed E-state index contributed by atoms with van der Waals surface area (Å²) in [5.74, 6) is 0.881. The molecule has 3 nitrogen and oxygen atoms in total. The van der Waals surface area contributed by atoms with Crippen LogP contribution in [0.1, 0.15) is 52.9 Å². The highest BCUT2D eigenvalue weighted by atomic mass is 16.2. The quantitative estimate of drug-likeness (QED) is 0.756. The number of carbonyl (C=O) groups excluding carboxylic acids is 2. The fraction of sp³-hybridized carbons (Fsp3) is 0.867. The van der Waals surface area contributed by atoms with Gasteiger partial charge in [-0.05, 0) is 24.7 Å². The first-order chi connectivity index (χ1) is 8.45. The lowest BCUT2D eigenvalue weighted by Crippen LogP contribution is -2.47. The number of carbonyl (C=O) groups is 2. The topological polar surface area (TPSA) is 37.4 Å². The monoisotopic (exact) mass is 251 g/mol. The number of piperidine rings is 1. The Labute approximate surface area is 110 Å². The van der Waals surface area contributed by atoms with Crippen LogP contribution in [0.25, 0.3) is 0 Å². The smallest absolute Gasteiger partial charge is 0.226 e. The molecule has 2 rings (SSSR count). The van der Waals surface area contributed by atoms with Crippen molar-refractivity contribution in [2.75, 3.05) is 13.1 Å². The number of amides is 1. The first-order valence-electron chi connectivity index (χ1n) is 7.27. The number of hydrogen-bond acceptors (Lipinski definition) is 2. The molecule has 3 heteroatoms. The summed E-state index contributed by atoms with van der Waals surface area (Å²) >= 11 is 0. The number of rotatable bonds is 2. The molecule has 1 heterocycles. The lowest BCUT2D eigenvalue weighted by Gasteiger charge is -2.36. The van der Waals surface area contributed by atoms with Crippen molar-refractivity contribution in [3.05, 3.63) is 0 Å². The Morgan fingerprint density at radius 3 is 2.72 bits per heavy atom. The Balaban J connectivity index is 2.03. The Bertz CT molecular complexity index is 348. The zero-order valence-electron chi connectivity index (χ0n) is 11.9. The molecule has 1 aliphatic carbocycles. The van der Waals surface area contributed by atoms with Crippen molar-refractivity contribution in [1.82, 2.24) is 4.90 Å². The van der Waals surface area contributed by atoms with E-state index in [1.807, 2.05) is 11.8 Å². The van der Waals surface area contributed by atoms with Crippen molar-refractivity contribution in [1.29, 1.82) is 0 Å². The summed E-state index contributed by atoms with van der Waals surface area (Å²) in [5.41, 5.74) is 0.139. The van der Waals surface area contributed by atoms with Gasteiger partial charge in [0.1, 0.15) is 5.78 Å². The van der Waals surface area contributed by atoms with Crippen LogP contribution < -0.4 is 0 Å². The van der Waals surface area contributed by atoms with Crippen molar-refractivity contribution in [3.63, 3.8) is 0 Å². The van der Waals surface area contributed by atoms with Gasteiger partial charge in [-0.1, -0.05) is 27.2 Å². The molecule has 2 atom stereocenters. The van der Waals surface area contributed by atoms with Gasteiger partial charge in [-0.2, -0.15) is 0 Å². The molecular formula is C15H25NO2. The van der Waals surface area contributed by atoms with Gasteiger partial charge < -0.3 is 4.90 Å². The fourth-order valence-corrected chi connectivity index (χ4v) is 3.47. The lowest BCUT2D eigenvalue weighted by atomic mass is 9.80. The Hall–Kier alpha value is -0.860. The van der Waals surface area contributed by atoms with Crippen LogP contribution in [0.5, 0.6) is 0 Å². The maximum absolute atomic E-state index is 12.6. The van der Waals surface area contributed by atoms with Crippen molar-refractivity contribution >= 4 is 11.7 Å². The second kappa shape index (κ2) is 5.02. The normalized spacial score (nSPS) is 31.7. The Morgan fingerprint density at radius 1 is 1.44 bits per heavy atom. The van der Waals surface area contributed by atoms with Crippen molar-refractivity contribution in [2.24, 2.45) is 17.3 Å². The average Bonchev–Trinajstić information content (AvgIpc) is 2.68. The van der Waals surface area contributed by atoms with E-state index in [0.29, 0.717) is 31.2 Å². The maximum atomic E-state index is 12.6. The van der Waals surface area contributed by atoms with Crippen molar-refractivity contribution in [2.45, 2.75) is 52.9 Å². The first-order valence-corrected chi connectivity index (χ1v) is 7.27. The van der Waals surface area contributed by atoms with E-state index in [0.717, 1.165) is 25.7 Å². The molecule has 1 amide bonds. The molecule has 2 unspecified atom stereocenters. The molecule has 2 fully saturated rings. The minimum absolute atomic E-state index is 0.0761. The van der Waals surface area contributed by atoms with Crippen LogP contribution in [-0.4, -0.2) is 29.7 Å². The predicted octanol–water partition coefficient (Wildman–Crippen LogP) is 2.64. The minimum Gasteiger partial charge on any atom is -0.341 e. The van der Waals surface area contributed by atoms with Crippen molar-refractivity contribution < 1.29 is 9.59 Å². The Morgan fingerprint density at radius 2 is 2.17 bits per heavy atom. The highest BCUT2D eigenvalue weighted by molar-refractivity contribution is 5.86. The van der Waals surface area contributed by atoms with E-state index in [4.69, 9.17) is 0 Å². The standard InChI is InChI=1S/C15H25NO2/c1-4-11-10-16(9-7-13(11)17)14(18)12-6-5-8-15(12,2)3/h11-12H,4-10H2,1-3H3. The molecule has 102 valence electrons. The van der Waals surface area contributed by atoms with E-state index < -0.39 is 0 Å². The van der Waals surface area contributed by atoms with E-state index in [-0.39, 0.29) is 17.3 Å². The summed E-state index contributed by atoms with van der Waals surface area (Å²) in [6, 6.07) is 0. The van der Waals surface area contributed by atoms with Gasteiger partial charge in [0.05, 0.1) is 0 Å². The zero-order chi connectivity index (χ0) is 13.3. The molecule has 1 aliphatic heterocycles. The molecule has 0 aromatic carbocycles. The SMILES string of the molecule is CCC1CN(C(=O)C2CCCC2(C)C)CCC1=O. The second-order valence-corrected chi connectivity index (χ2v) is 6.54. The van der Waals surface area contributed by atoms with Gasteiger partial charge in [0.2, 0.25) is 5.91 Å². The molecule has 1 saturated carbocycles. The van der Waals surface area contributed by atoms with Gasteiger partial charge in [-0.3, -0.25) is 9.59 Å². The molecule has 0 bridgehead atoms. The van der Waals surface area contributed by atoms with Gasteiger partial charge in [0, 0.05) is 31.3 Å². The molecule has 1 saturated heterocycles. The van der Waals surface area contributed by atoms with Crippen LogP contribution in [0.15, 0.2) is 0 Å². The molecule has 2 aliphatic rings. The third-order valence-electron chi connectivity index (χ3n) is 4.88. The first kappa shape index (κ1) is 13.6. The molecule has 0 N–H and O–H groups in total. The predicted molar refractivity (Wildman–Crippen MR) is 71.1 cm³/mol. The largest absolute Gasteiger partial charge is 0.341 e. The van der Waals surface area contributed by atoms with E-state index in [1.54, 1.807) is 0 Å². The summed E-state index contributed by atoms with van der Waals surface area (Å²) in [4.78, 5) is 26.3. The molecule has 18 heavy (non-hydrogen) atoms. The van der Waals surface area contributed by atoms with E-state index in [9.17, 15) is 9.59 Å². The second-order valence-electron chi connectivity index (χ2n) is 6.54. The van der Waals surface area contributed by atoms with Crippen molar-refractivity contribution in [3.8, 4) is 0 Å². The molecular weight excluding hydrogens is 226 g/mol. The maximum Gasteiger partial charge on any atom is 0.226 e. The number of likely N-dealkylation sites (tertiary alicyclic amines) is 1. The van der Waals surface area contributed by atoms with Crippen LogP contribution in [-0.2, 0) is 9.59 Å². The van der Waals surface area contributed by atoms with E-state index >= 15 is 0 Å². The van der Waals surface area contributed by atoms with Gasteiger partial charge in [-0.25, -0.2) is 0 Å². The number of hydrogen-bond donors (Lipinski definition) is 0. The highest BCUT2D eigenvalue weighted by Gasteiger charge is 2.42. The minimum atomic E-state index is 0.0761. The summed E-state index contributed by atoms with van der Waals surface area (Å²) < 4.78 is 0. The van der Waals surface area contributed by atoms with Crippen LogP contribution in [0.3, 0.4) is 0 Å². The average molecular weight is 251 g/mol. The third kappa shape index (κ3) is 2.45. The van der Waals surface area contributed by atoms with Gasteiger partial charge in [0.15, 0.2) is 0 Å². The summed E-state index contributed by atoms with van der Waals surface area (Å²) in [5, 5.41) is 0. The summed E-state index contributed by atoms with van der Waals surface area (Å²) in [7, 11) is 0. The molecule has 0 radical (unpaired) electrons. The van der Waals surface area contributed by atoms with Crippen LogP contribution in [0.4, 0.5) is 0 Å². The zero-order valence-corrected chi connectivity index (χ0v) is 11.9. The number of Topliss-reactive ketones (excluding diaryl/α,β-unsaturated/α-hetero) is 1. The highest BCUT2D eigenvalue weighted by Crippen LogP contribution is 2.43. The van der Waals surface area contributed by atoms with E-state index in [1.165, 1.54) is 0 Å². The lowest BCUT2D eigenvalue weighted by molar-refractivity contribution is -0.142. The van der Waals surface area contributed by atoms with E-state index in [2.05, 4.69) is 13.8 Å². The van der Waals surface area contributed by atoms with Gasteiger partial charge in [-0.15, -0.1) is 0 Å². The third-order valence-corrected chi connectivity index (χ3v) is 4.88. The Kier molecular flexibility index (Phi) is 3.79. The van der Waals surface area contributed by atoms with Crippen LogP contribution >= 0.6 is 0 Å². The molecule has 0 aromatic heterocycles. The van der Waals surface area contributed by atoms with Crippen LogP contribution in [0, 0.1) is 17.3 Å². The fourth-order valence-electron chi connectivity index (χ4n) is 3.47. The number of nitrogens with zero attached hydrogens (tertiary/aromatic N) is 1. The van der Waals surface area contributed by atoms with Gasteiger partial charge >= 0.3 is 0 Å². The summed E-state index contributed by atoms with van der Waals surface area (Å²) in [6.07, 6.45) is 4.74. The molecule has 0 spiro atoms. The summed E-state index contributed by atoms with van der Waals surface area (Å²) in [6.45, 7) is 7.74. The van der Waals surface area contributed by atoms with Gasteiger partial charge in [0.25, 0.3) is 0 Å².